The molecule has 4 N–H and O–H groups in total. The average Bonchev–Trinajstić information content (AvgIpc) is 2.77. The van der Waals surface area contributed by atoms with Gasteiger partial charge in [-0.05, 0) is 31.9 Å². The smallest absolute Gasteiger partial charge is 0.411 e. The Balaban J connectivity index is 2.47. The highest BCUT2D eigenvalue weighted by molar-refractivity contribution is 5.69. The largest absolute Gasteiger partial charge is 0.444 e. The number of rotatable bonds is 9. The van der Waals surface area contributed by atoms with Gasteiger partial charge in [0.15, 0.2) is 0 Å². The quantitative estimate of drug-likeness (QED) is 0.474. The van der Waals surface area contributed by atoms with Gasteiger partial charge in [-0.15, -0.1) is 0 Å². The molecule has 32 heavy (non-hydrogen) atoms. The molecule has 2 aromatic carbocycles. The van der Waals surface area contributed by atoms with Crippen molar-refractivity contribution in [2.45, 2.75) is 57.3 Å². The summed E-state index contributed by atoms with van der Waals surface area (Å²) in [4.78, 5) is 14.5. The summed E-state index contributed by atoms with van der Waals surface area (Å²) in [5.41, 5.74) is 0.833. The van der Waals surface area contributed by atoms with Gasteiger partial charge in [-0.2, -0.15) is 0 Å². The second-order valence-corrected chi connectivity index (χ2v) is 8.59. The van der Waals surface area contributed by atoms with Crippen molar-refractivity contribution in [1.82, 2.24) is 4.90 Å². The van der Waals surface area contributed by atoms with Crippen molar-refractivity contribution in [3.63, 3.8) is 0 Å². The first kappa shape index (κ1) is 25.5. The van der Waals surface area contributed by atoms with Crippen LogP contribution in [0.5, 0.6) is 0 Å². The van der Waals surface area contributed by atoms with Crippen molar-refractivity contribution >= 4 is 12.2 Å². The number of carbonyl (C=O) groups is 1. The standard InChI is InChI=1S/C25H33NO6/c1-25(2,3)32-24(31)26(16-19-12-8-5-9-13-19)20(22(29)23(30)21(28)17-27)15-14-18-10-6-4-7-11-18/h4-15,20-23,27-30H,16-17H2,1-3H3/b15-14+/t20-,21-,22-,23+/m1/s1. The molecule has 0 unspecified atom stereocenters. The van der Waals surface area contributed by atoms with E-state index in [9.17, 15) is 25.2 Å². The molecule has 0 spiro atoms. The molecule has 0 fully saturated rings. The monoisotopic (exact) mass is 443 g/mol. The fraction of sp³-hybridized carbons (Fsp3) is 0.400. The molecule has 7 nitrogen and oxygen atoms in total. The van der Waals surface area contributed by atoms with E-state index in [4.69, 9.17) is 4.74 Å². The maximum Gasteiger partial charge on any atom is 0.411 e. The summed E-state index contributed by atoms with van der Waals surface area (Å²) in [6, 6.07) is 17.4. The van der Waals surface area contributed by atoms with Gasteiger partial charge in [0.05, 0.1) is 12.6 Å². The second-order valence-electron chi connectivity index (χ2n) is 8.59. The van der Waals surface area contributed by atoms with E-state index in [2.05, 4.69) is 0 Å². The number of amides is 1. The van der Waals surface area contributed by atoms with E-state index in [1.807, 2.05) is 60.7 Å². The fourth-order valence-corrected chi connectivity index (χ4v) is 3.11. The van der Waals surface area contributed by atoms with Gasteiger partial charge in [-0.1, -0.05) is 72.8 Å². The number of hydrogen-bond donors (Lipinski definition) is 4. The summed E-state index contributed by atoms with van der Waals surface area (Å²) < 4.78 is 5.57. The van der Waals surface area contributed by atoms with Gasteiger partial charge in [0.2, 0.25) is 0 Å². The van der Waals surface area contributed by atoms with E-state index in [1.165, 1.54) is 4.90 Å². The topological polar surface area (TPSA) is 110 Å². The predicted molar refractivity (Wildman–Crippen MR) is 123 cm³/mol. The lowest BCUT2D eigenvalue weighted by Crippen LogP contribution is -2.54. The molecule has 4 atom stereocenters. The Kier molecular flexibility index (Phi) is 9.41. The summed E-state index contributed by atoms with van der Waals surface area (Å²) in [7, 11) is 0. The first-order chi connectivity index (χ1) is 15.1. The SMILES string of the molecule is CC(C)(C)OC(=O)N(Cc1ccccc1)[C@H](/C=C/c1ccccc1)[C@@H](O)[C@@H](O)[C@H](O)CO. The summed E-state index contributed by atoms with van der Waals surface area (Å²) in [6.45, 7) is 4.57. The normalized spacial score (nSPS) is 15.7. The van der Waals surface area contributed by atoms with Gasteiger partial charge in [0.25, 0.3) is 0 Å². The lowest BCUT2D eigenvalue weighted by molar-refractivity contribution is -0.0963. The van der Waals surface area contributed by atoms with Crippen LogP contribution >= 0.6 is 0 Å². The fourth-order valence-electron chi connectivity index (χ4n) is 3.11. The van der Waals surface area contributed by atoms with Crippen LogP contribution in [0.25, 0.3) is 6.08 Å². The van der Waals surface area contributed by atoms with E-state index in [-0.39, 0.29) is 6.54 Å². The lowest BCUT2D eigenvalue weighted by atomic mass is 9.98. The molecule has 7 heteroatoms. The summed E-state index contributed by atoms with van der Waals surface area (Å²) in [6.07, 6.45) is -2.24. The maximum absolute atomic E-state index is 13.1. The average molecular weight is 444 g/mol. The molecule has 174 valence electrons. The highest BCUT2D eigenvalue weighted by Crippen LogP contribution is 2.21. The molecule has 0 aliphatic carbocycles. The van der Waals surface area contributed by atoms with Crippen LogP contribution in [0.4, 0.5) is 4.79 Å². The van der Waals surface area contributed by atoms with Crippen LogP contribution < -0.4 is 0 Å². The Labute approximate surface area is 189 Å². The van der Waals surface area contributed by atoms with Crippen molar-refractivity contribution < 1.29 is 30.0 Å². The maximum atomic E-state index is 13.1. The molecule has 1 amide bonds. The van der Waals surface area contributed by atoms with Crippen LogP contribution in [0.15, 0.2) is 66.7 Å². The van der Waals surface area contributed by atoms with Crippen LogP contribution in [0.2, 0.25) is 0 Å². The number of ether oxygens (including phenoxy) is 1. The van der Waals surface area contributed by atoms with E-state index in [0.717, 1.165) is 11.1 Å². The third-order valence-electron chi connectivity index (χ3n) is 4.75. The zero-order valence-electron chi connectivity index (χ0n) is 18.7. The van der Waals surface area contributed by atoms with Crippen LogP contribution in [-0.2, 0) is 11.3 Å². The van der Waals surface area contributed by atoms with E-state index >= 15 is 0 Å². The number of benzene rings is 2. The molecule has 0 saturated carbocycles. The predicted octanol–water partition coefficient (Wildman–Crippen LogP) is 2.58. The molecular weight excluding hydrogens is 410 g/mol. The lowest BCUT2D eigenvalue weighted by Gasteiger charge is -2.36. The number of carbonyl (C=O) groups excluding carboxylic acids is 1. The Morgan fingerprint density at radius 1 is 0.969 bits per heavy atom. The van der Waals surface area contributed by atoms with Gasteiger partial charge in [-0.25, -0.2) is 4.79 Å². The number of hydrogen-bond acceptors (Lipinski definition) is 6. The minimum Gasteiger partial charge on any atom is -0.444 e. The van der Waals surface area contributed by atoms with Crippen LogP contribution in [0, 0.1) is 0 Å². The molecular formula is C25H33NO6. The number of nitrogens with zero attached hydrogens (tertiary/aromatic N) is 1. The molecule has 0 aliphatic heterocycles. The van der Waals surface area contributed by atoms with E-state index in [1.54, 1.807) is 32.9 Å². The highest BCUT2D eigenvalue weighted by Gasteiger charge is 2.37. The molecule has 2 aromatic rings. The van der Waals surface area contributed by atoms with Crippen molar-refractivity contribution in [3.05, 3.63) is 77.9 Å². The van der Waals surface area contributed by atoms with Crippen LogP contribution in [0.3, 0.4) is 0 Å². The highest BCUT2D eigenvalue weighted by atomic mass is 16.6. The van der Waals surface area contributed by atoms with E-state index in [0.29, 0.717) is 0 Å². The minimum absolute atomic E-state index is 0.0958. The van der Waals surface area contributed by atoms with Crippen molar-refractivity contribution in [2.24, 2.45) is 0 Å². The first-order valence-corrected chi connectivity index (χ1v) is 10.5. The van der Waals surface area contributed by atoms with Crippen LogP contribution in [-0.4, -0.2) is 68.0 Å². The third kappa shape index (κ3) is 7.76. The molecule has 0 aliphatic rings. The Bertz CT molecular complexity index is 850. The Morgan fingerprint density at radius 2 is 1.53 bits per heavy atom. The molecule has 0 heterocycles. The van der Waals surface area contributed by atoms with Gasteiger partial charge >= 0.3 is 6.09 Å². The summed E-state index contributed by atoms with van der Waals surface area (Å²) >= 11 is 0. The summed E-state index contributed by atoms with van der Waals surface area (Å²) in [5, 5.41) is 40.5. The molecule has 0 aromatic heterocycles. The Morgan fingerprint density at radius 3 is 2.06 bits per heavy atom. The van der Waals surface area contributed by atoms with Gasteiger partial charge in [0.1, 0.15) is 23.9 Å². The van der Waals surface area contributed by atoms with Crippen molar-refractivity contribution in [1.29, 1.82) is 0 Å². The zero-order valence-corrected chi connectivity index (χ0v) is 18.7. The van der Waals surface area contributed by atoms with Crippen LogP contribution in [0.1, 0.15) is 31.9 Å². The number of aliphatic hydroxyl groups is 4. The molecule has 0 bridgehead atoms. The second kappa shape index (κ2) is 11.8. The zero-order chi connectivity index (χ0) is 23.7. The van der Waals surface area contributed by atoms with Gasteiger partial charge < -0.3 is 25.2 Å². The Hall–Kier alpha value is -2.71. The number of aliphatic hydroxyl groups excluding tert-OH is 4. The van der Waals surface area contributed by atoms with Gasteiger partial charge in [0, 0.05) is 6.54 Å². The molecule has 2 rings (SSSR count). The van der Waals surface area contributed by atoms with E-state index < -0.39 is 42.7 Å². The van der Waals surface area contributed by atoms with Crippen molar-refractivity contribution in [3.8, 4) is 0 Å². The molecule has 0 saturated heterocycles. The third-order valence-corrected chi connectivity index (χ3v) is 4.75. The first-order valence-electron chi connectivity index (χ1n) is 10.5. The minimum atomic E-state index is -1.69. The summed E-state index contributed by atoms with van der Waals surface area (Å²) in [5.74, 6) is 0. The van der Waals surface area contributed by atoms with Gasteiger partial charge in [-0.3, -0.25) is 4.90 Å². The van der Waals surface area contributed by atoms with Crippen molar-refractivity contribution in [2.75, 3.05) is 6.61 Å². The molecule has 0 radical (unpaired) electrons.